The van der Waals surface area contributed by atoms with Crippen LogP contribution in [0.5, 0.6) is 0 Å². The molecule has 1 fully saturated rings. The predicted octanol–water partition coefficient (Wildman–Crippen LogP) is 0.651. The highest BCUT2D eigenvalue weighted by atomic mass is 16.6. The molecule has 0 radical (unpaired) electrons. The van der Waals surface area contributed by atoms with Crippen molar-refractivity contribution in [3.8, 4) is 0 Å². The summed E-state index contributed by atoms with van der Waals surface area (Å²) in [6, 6.07) is 5.17. The maximum Gasteiger partial charge on any atom is 0.329 e. The van der Waals surface area contributed by atoms with E-state index in [9.17, 15) is 14.4 Å². The van der Waals surface area contributed by atoms with Gasteiger partial charge in [-0.25, -0.2) is 4.79 Å². The minimum absolute atomic E-state index is 0.0140. The first-order valence-corrected chi connectivity index (χ1v) is 12.4. The van der Waals surface area contributed by atoms with Gasteiger partial charge in [0.15, 0.2) is 0 Å². The third kappa shape index (κ3) is 7.23. The van der Waals surface area contributed by atoms with Crippen molar-refractivity contribution in [1.29, 1.82) is 0 Å². The van der Waals surface area contributed by atoms with Crippen molar-refractivity contribution in [2.24, 2.45) is 7.05 Å². The Bertz CT molecular complexity index is 1060. The number of nitrogens with zero attached hydrogens (tertiary/aromatic N) is 3. The number of hydrogen-bond acceptors (Lipinski definition) is 8. The average molecular weight is 508 g/mol. The molecule has 1 N–H and O–H groups in total. The van der Waals surface area contributed by atoms with Crippen LogP contribution < -0.4 is 5.69 Å². The van der Waals surface area contributed by atoms with Crippen molar-refractivity contribution in [2.75, 3.05) is 66.5 Å². The van der Waals surface area contributed by atoms with Gasteiger partial charge >= 0.3 is 5.69 Å². The van der Waals surface area contributed by atoms with Crippen molar-refractivity contribution in [1.82, 2.24) is 14.0 Å². The third-order valence-corrected chi connectivity index (χ3v) is 6.19. The lowest BCUT2D eigenvalue weighted by Crippen LogP contribution is -2.45. The summed E-state index contributed by atoms with van der Waals surface area (Å²) in [5, 5.41) is 8.59. The molecule has 0 aliphatic carbocycles. The molecule has 200 valence electrons. The number of aliphatic hydroxyl groups excluding tert-OH is 1. The van der Waals surface area contributed by atoms with Crippen LogP contribution in [0.4, 0.5) is 0 Å². The Hall–Kier alpha value is -2.57. The van der Waals surface area contributed by atoms with Gasteiger partial charge in [-0.05, 0) is 37.0 Å². The van der Waals surface area contributed by atoms with E-state index in [2.05, 4.69) is 0 Å². The second kappa shape index (κ2) is 14.2. The molecule has 11 nitrogen and oxygen atoms in total. The molecule has 1 saturated heterocycles. The number of likely N-dealkylation sites (N-methyl/N-ethyl adjacent to an activating group) is 1. The fourth-order valence-corrected chi connectivity index (χ4v) is 4.21. The second-order valence-electron chi connectivity index (χ2n) is 8.66. The summed E-state index contributed by atoms with van der Waals surface area (Å²) in [7, 11) is 3.17. The van der Waals surface area contributed by atoms with Crippen molar-refractivity contribution in [3.05, 3.63) is 34.2 Å². The number of benzene rings is 1. The van der Waals surface area contributed by atoms with Crippen LogP contribution in [0, 0.1) is 0 Å². The van der Waals surface area contributed by atoms with Gasteiger partial charge in [0.2, 0.25) is 5.91 Å². The molecule has 1 aromatic heterocycles. The first-order chi connectivity index (χ1) is 17.5. The zero-order chi connectivity index (χ0) is 25.9. The molecular weight excluding hydrogens is 470 g/mol. The largest absolute Gasteiger partial charge is 0.394 e. The highest BCUT2D eigenvalue weighted by Crippen LogP contribution is 2.26. The lowest BCUT2D eigenvalue weighted by Gasteiger charge is -2.28. The van der Waals surface area contributed by atoms with E-state index in [0.717, 1.165) is 28.8 Å². The number of aliphatic hydroxyl groups is 1. The summed E-state index contributed by atoms with van der Waals surface area (Å²) in [5.74, 6) is -0.561. The number of ether oxygens (including phenoxy) is 4. The lowest BCUT2D eigenvalue weighted by atomic mass is 10.0. The minimum Gasteiger partial charge on any atom is -0.394 e. The molecule has 0 bridgehead atoms. The maximum atomic E-state index is 12.9. The van der Waals surface area contributed by atoms with Crippen LogP contribution in [0.25, 0.3) is 11.0 Å². The van der Waals surface area contributed by atoms with Crippen LogP contribution in [0.2, 0.25) is 0 Å². The zero-order valence-corrected chi connectivity index (χ0v) is 21.1. The lowest BCUT2D eigenvalue weighted by molar-refractivity contribution is -0.149. The maximum absolute atomic E-state index is 12.9. The van der Waals surface area contributed by atoms with E-state index in [1.807, 2.05) is 18.2 Å². The molecule has 1 aromatic carbocycles. The van der Waals surface area contributed by atoms with Crippen molar-refractivity contribution in [2.45, 2.75) is 31.7 Å². The van der Waals surface area contributed by atoms with E-state index in [4.69, 9.17) is 24.1 Å². The average Bonchev–Trinajstić information content (AvgIpc) is 3.12. The number of carbonyl (C=O) groups excluding carboxylic acids is 2. The van der Waals surface area contributed by atoms with Crippen LogP contribution in [-0.4, -0.2) is 97.5 Å². The molecule has 0 saturated carbocycles. The van der Waals surface area contributed by atoms with Crippen molar-refractivity contribution in [3.63, 3.8) is 0 Å². The quantitative estimate of drug-likeness (QED) is 0.260. The molecule has 1 aliphatic heterocycles. The van der Waals surface area contributed by atoms with E-state index in [0.29, 0.717) is 64.8 Å². The van der Waals surface area contributed by atoms with Crippen LogP contribution in [0.1, 0.15) is 30.9 Å². The Morgan fingerprint density at radius 3 is 2.11 bits per heavy atom. The Morgan fingerprint density at radius 1 is 0.861 bits per heavy atom. The number of carbonyl (C=O) groups is 2. The molecule has 1 atom stereocenters. The zero-order valence-electron chi connectivity index (χ0n) is 21.1. The van der Waals surface area contributed by atoms with E-state index in [1.165, 1.54) is 11.6 Å². The van der Waals surface area contributed by atoms with Gasteiger partial charge in [0.25, 0.3) is 5.91 Å². The van der Waals surface area contributed by atoms with Crippen LogP contribution in [-0.2, 0) is 42.0 Å². The smallest absolute Gasteiger partial charge is 0.329 e. The monoisotopic (exact) mass is 507 g/mol. The fraction of sp³-hybridized carbons (Fsp3) is 0.640. The molecule has 2 heterocycles. The number of likely N-dealkylation sites (tertiary alicyclic amines) is 1. The van der Waals surface area contributed by atoms with Crippen LogP contribution in [0.3, 0.4) is 0 Å². The minimum atomic E-state index is -0.664. The molecule has 1 aliphatic rings. The van der Waals surface area contributed by atoms with Crippen molar-refractivity contribution >= 4 is 22.8 Å². The topological polar surface area (TPSA) is 121 Å². The van der Waals surface area contributed by atoms with Gasteiger partial charge in [-0.2, -0.15) is 0 Å². The van der Waals surface area contributed by atoms with E-state index >= 15 is 0 Å². The Kier molecular flexibility index (Phi) is 11.1. The van der Waals surface area contributed by atoms with Gasteiger partial charge in [-0.3, -0.25) is 23.6 Å². The summed E-state index contributed by atoms with van der Waals surface area (Å²) >= 11 is 0. The molecule has 0 spiro atoms. The standard InChI is InChI=1S/C25H37N3O8/c1-26-22-18-19(4-3-10-33-12-14-35-16-17-36-15-13-34-11-9-29)5-6-20(22)28(25(26)32)21-7-8-23(30)27(2)24(21)31/h5-6,18,21,29H,3-4,7-17H2,1-2H3. The first kappa shape index (κ1) is 28.0. The third-order valence-electron chi connectivity index (χ3n) is 6.19. The highest BCUT2D eigenvalue weighted by Gasteiger charge is 2.35. The van der Waals surface area contributed by atoms with Gasteiger partial charge < -0.3 is 24.1 Å². The number of amides is 2. The van der Waals surface area contributed by atoms with Crippen LogP contribution in [0.15, 0.2) is 23.0 Å². The van der Waals surface area contributed by atoms with E-state index in [1.54, 1.807) is 11.6 Å². The molecule has 11 heteroatoms. The predicted molar refractivity (Wildman–Crippen MR) is 132 cm³/mol. The van der Waals surface area contributed by atoms with Gasteiger partial charge in [0, 0.05) is 27.1 Å². The first-order valence-electron chi connectivity index (χ1n) is 12.4. The number of rotatable bonds is 16. The summed E-state index contributed by atoms with van der Waals surface area (Å²) in [6.45, 7) is 3.83. The highest BCUT2D eigenvalue weighted by molar-refractivity contribution is 5.99. The normalized spacial score (nSPS) is 16.4. The molecule has 3 rings (SSSR count). The van der Waals surface area contributed by atoms with Crippen LogP contribution >= 0.6 is 0 Å². The second-order valence-corrected chi connectivity index (χ2v) is 8.66. The van der Waals surface area contributed by atoms with Crippen molar-refractivity contribution < 1.29 is 33.6 Å². The summed E-state index contributed by atoms with van der Waals surface area (Å²) < 4.78 is 24.6. The number of imide groups is 1. The van der Waals surface area contributed by atoms with E-state index in [-0.39, 0.29) is 30.5 Å². The molecule has 2 amide bonds. The van der Waals surface area contributed by atoms with Gasteiger partial charge in [0.05, 0.1) is 63.9 Å². The number of hydrogen-bond donors (Lipinski definition) is 1. The molecular formula is C25H37N3O8. The van der Waals surface area contributed by atoms with Gasteiger partial charge in [0.1, 0.15) is 6.04 Å². The van der Waals surface area contributed by atoms with Gasteiger partial charge in [-0.1, -0.05) is 6.07 Å². The Morgan fingerprint density at radius 2 is 1.47 bits per heavy atom. The summed E-state index contributed by atoms with van der Waals surface area (Å²) in [5.41, 5.74) is 2.29. The number of aromatic nitrogens is 2. The molecule has 36 heavy (non-hydrogen) atoms. The van der Waals surface area contributed by atoms with Gasteiger partial charge in [-0.15, -0.1) is 0 Å². The SMILES string of the molecule is CN1C(=O)CCC(n2c(=O)n(C)c3cc(CCCOCCOCCOCCOCCO)ccc32)C1=O. The molecule has 2 aromatic rings. The summed E-state index contributed by atoms with van der Waals surface area (Å²) in [6.07, 6.45) is 2.19. The fourth-order valence-electron chi connectivity index (χ4n) is 4.21. The Balaban J connectivity index is 1.39. The molecule has 1 unspecified atom stereocenters. The Labute approximate surface area is 210 Å². The number of piperidine rings is 1. The summed E-state index contributed by atoms with van der Waals surface area (Å²) in [4.78, 5) is 38.6. The number of imidazole rings is 1. The van der Waals surface area contributed by atoms with E-state index < -0.39 is 6.04 Å². The number of fused-ring (bicyclic) bond motifs is 1. The number of aryl methyl sites for hydroxylation is 2.